The van der Waals surface area contributed by atoms with Crippen molar-refractivity contribution in [1.29, 1.82) is 0 Å². The zero-order chi connectivity index (χ0) is 19.4. The van der Waals surface area contributed by atoms with Gasteiger partial charge in [-0.25, -0.2) is 4.98 Å². The monoisotopic (exact) mass is 407 g/mol. The van der Waals surface area contributed by atoms with Gasteiger partial charge in [0.2, 0.25) is 0 Å². The number of quaternary nitrogens is 1. The summed E-state index contributed by atoms with van der Waals surface area (Å²) in [7, 11) is 4.31. The first-order chi connectivity index (χ1) is 13.0. The van der Waals surface area contributed by atoms with Crippen molar-refractivity contribution in [3.05, 3.63) is 33.4 Å². The van der Waals surface area contributed by atoms with E-state index in [0.29, 0.717) is 22.3 Å². The minimum atomic E-state index is -0.0685. The lowest BCUT2D eigenvalue weighted by Crippen LogP contribution is -3.06. The molecule has 0 radical (unpaired) electrons. The minimum Gasteiger partial charge on any atom is -0.331 e. The molecule has 3 heterocycles. The van der Waals surface area contributed by atoms with Crippen LogP contribution in [0.4, 0.5) is 0 Å². The molecule has 2 N–H and O–H groups in total. The highest BCUT2D eigenvalue weighted by Crippen LogP contribution is 2.24. The third-order valence-corrected chi connectivity index (χ3v) is 6.48. The molecule has 3 aromatic heterocycles. The summed E-state index contributed by atoms with van der Waals surface area (Å²) < 4.78 is 2.92. The zero-order valence-electron chi connectivity index (χ0n) is 16.3. The van der Waals surface area contributed by atoms with E-state index in [1.165, 1.54) is 16.2 Å². The Hall–Kier alpha value is -1.71. The van der Waals surface area contributed by atoms with Crippen LogP contribution in [0.2, 0.25) is 0 Å². The van der Waals surface area contributed by atoms with Crippen molar-refractivity contribution in [2.24, 2.45) is 0 Å². The van der Waals surface area contributed by atoms with Crippen molar-refractivity contribution < 1.29 is 4.90 Å². The van der Waals surface area contributed by atoms with Crippen molar-refractivity contribution in [1.82, 2.24) is 24.7 Å². The smallest absolute Gasteiger partial charge is 0.268 e. The molecule has 0 aliphatic heterocycles. The maximum atomic E-state index is 12.2. The number of H-pyrrole nitrogens is 1. The molecule has 0 saturated heterocycles. The predicted molar refractivity (Wildman–Crippen MR) is 111 cm³/mol. The zero-order valence-corrected chi connectivity index (χ0v) is 17.9. The van der Waals surface area contributed by atoms with Gasteiger partial charge in [-0.05, 0) is 17.9 Å². The van der Waals surface area contributed by atoms with E-state index in [2.05, 4.69) is 52.7 Å². The van der Waals surface area contributed by atoms with E-state index in [-0.39, 0.29) is 5.56 Å². The lowest BCUT2D eigenvalue weighted by Gasteiger charge is -2.20. The van der Waals surface area contributed by atoms with E-state index < -0.39 is 0 Å². The molecule has 3 aromatic rings. The highest BCUT2D eigenvalue weighted by molar-refractivity contribution is 7.98. The van der Waals surface area contributed by atoms with Crippen molar-refractivity contribution in [2.45, 2.75) is 56.6 Å². The minimum absolute atomic E-state index is 0.0685. The van der Waals surface area contributed by atoms with E-state index in [4.69, 9.17) is 0 Å². The number of fused-ring (bicyclic) bond motifs is 1. The van der Waals surface area contributed by atoms with Crippen LogP contribution in [0.3, 0.4) is 0 Å². The van der Waals surface area contributed by atoms with Gasteiger partial charge >= 0.3 is 0 Å². The SMILES string of the molecule is CCCCn1c(SCc2nc3ccsc3c(=O)[nH]2)nnc1[C@H](CC)[NH+](C)C. The highest BCUT2D eigenvalue weighted by atomic mass is 32.2. The maximum absolute atomic E-state index is 12.2. The molecule has 0 aliphatic carbocycles. The number of rotatable bonds is 9. The number of nitrogens with one attached hydrogen (secondary N) is 2. The van der Waals surface area contributed by atoms with Crippen LogP contribution in [0.15, 0.2) is 21.4 Å². The Morgan fingerprint density at radius 2 is 2.15 bits per heavy atom. The van der Waals surface area contributed by atoms with Gasteiger partial charge in [0, 0.05) is 13.0 Å². The lowest BCUT2D eigenvalue weighted by atomic mass is 10.2. The van der Waals surface area contributed by atoms with E-state index in [1.54, 1.807) is 11.8 Å². The first-order valence-corrected chi connectivity index (χ1v) is 11.2. The molecule has 3 rings (SSSR count). The molecule has 0 saturated carbocycles. The first kappa shape index (κ1) is 20.0. The lowest BCUT2D eigenvalue weighted by molar-refractivity contribution is -0.893. The molecule has 0 fully saturated rings. The summed E-state index contributed by atoms with van der Waals surface area (Å²) in [6.45, 7) is 5.29. The Bertz CT molecular complexity index is 945. The average Bonchev–Trinajstić information content (AvgIpc) is 3.26. The van der Waals surface area contributed by atoms with Crippen LogP contribution in [0.1, 0.15) is 50.8 Å². The highest BCUT2D eigenvalue weighted by Gasteiger charge is 2.24. The number of unbranched alkanes of at least 4 members (excludes halogenated alkanes) is 1. The molecule has 0 aliphatic rings. The van der Waals surface area contributed by atoms with Crippen LogP contribution in [0.5, 0.6) is 0 Å². The van der Waals surface area contributed by atoms with E-state index >= 15 is 0 Å². The Labute approximate surface area is 167 Å². The predicted octanol–water partition coefficient (Wildman–Crippen LogP) is 2.26. The molecule has 146 valence electrons. The largest absolute Gasteiger partial charge is 0.331 e. The molecule has 0 bridgehead atoms. The normalized spacial score (nSPS) is 12.9. The van der Waals surface area contributed by atoms with Gasteiger partial charge in [0.1, 0.15) is 16.6 Å². The fourth-order valence-corrected chi connectivity index (χ4v) is 4.73. The summed E-state index contributed by atoms with van der Waals surface area (Å²) in [5.74, 6) is 2.28. The van der Waals surface area contributed by atoms with Gasteiger partial charge in [0.15, 0.2) is 11.0 Å². The summed E-state index contributed by atoms with van der Waals surface area (Å²) in [4.78, 5) is 21.0. The topological polar surface area (TPSA) is 80.9 Å². The molecular weight excluding hydrogens is 380 g/mol. The molecule has 0 amide bonds. The fourth-order valence-electron chi connectivity index (χ4n) is 3.16. The van der Waals surface area contributed by atoms with Crippen LogP contribution in [0.25, 0.3) is 10.2 Å². The molecule has 0 spiro atoms. The van der Waals surface area contributed by atoms with E-state index in [0.717, 1.165) is 42.3 Å². The summed E-state index contributed by atoms with van der Waals surface area (Å²) in [6.07, 6.45) is 3.23. The number of hydrogen-bond acceptors (Lipinski definition) is 6. The second-order valence-electron chi connectivity index (χ2n) is 6.82. The van der Waals surface area contributed by atoms with Gasteiger partial charge < -0.3 is 14.5 Å². The van der Waals surface area contributed by atoms with Crippen LogP contribution < -0.4 is 10.5 Å². The summed E-state index contributed by atoms with van der Waals surface area (Å²) in [5.41, 5.74) is 0.690. The molecule has 9 heteroatoms. The molecule has 1 atom stereocenters. The Kier molecular flexibility index (Phi) is 6.67. The Morgan fingerprint density at radius 1 is 1.33 bits per heavy atom. The molecule has 27 heavy (non-hydrogen) atoms. The van der Waals surface area contributed by atoms with Crippen molar-refractivity contribution in [3.8, 4) is 0 Å². The van der Waals surface area contributed by atoms with Gasteiger partial charge in [0.25, 0.3) is 5.56 Å². The quantitative estimate of drug-likeness (QED) is 0.532. The second kappa shape index (κ2) is 8.99. The van der Waals surface area contributed by atoms with Crippen LogP contribution in [0, 0.1) is 0 Å². The van der Waals surface area contributed by atoms with Gasteiger partial charge in [0.05, 0.1) is 25.4 Å². The summed E-state index contributed by atoms with van der Waals surface area (Å²) in [5, 5.41) is 11.8. The number of thioether (sulfide) groups is 1. The summed E-state index contributed by atoms with van der Waals surface area (Å²) in [6, 6.07) is 2.21. The molecule has 0 unspecified atom stereocenters. The Balaban J connectivity index is 1.84. The standard InChI is InChI=1S/C18H26N6OS2/c1-5-7-9-24-16(13(6-2)23(3)4)21-22-18(24)27-11-14-19-12-8-10-26-15(12)17(25)20-14/h8,10,13H,5-7,9,11H2,1-4H3,(H,19,20,25)/p+1/t13-/m0/s1. The van der Waals surface area contributed by atoms with Crippen molar-refractivity contribution >= 4 is 33.3 Å². The number of thiophene rings is 1. The van der Waals surface area contributed by atoms with Crippen LogP contribution >= 0.6 is 23.1 Å². The molecular formula is C18H27N6OS2+. The van der Waals surface area contributed by atoms with E-state index in [1.807, 2.05) is 11.4 Å². The molecule has 7 nitrogen and oxygen atoms in total. The second-order valence-corrected chi connectivity index (χ2v) is 8.68. The van der Waals surface area contributed by atoms with Crippen molar-refractivity contribution in [2.75, 3.05) is 14.1 Å². The van der Waals surface area contributed by atoms with Gasteiger partial charge in [-0.2, -0.15) is 0 Å². The van der Waals surface area contributed by atoms with Crippen LogP contribution in [-0.4, -0.2) is 38.8 Å². The number of aromatic amines is 1. The van der Waals surface area contributed by atoms with E-state index in [9.17, 15) is 4.79 Å². The average molecular weight is 408 g/mol. The number of hydrogen-bond donors (Lipinski definition) is 2. The first-order valence-electron chi connectivity index (χ1n) is 9.37. The number of aromatic nitrogens is 5. The molecule has 0 aromatic carbocycles. The van der Waals surface area contributed by atoms with Gasteiger partial charge in [-0.1, -0.05) is 32.0 Å². The van der Waals surface area contributed by atoms with Gasteiger partial charge in [-0.15, -0.1) is 21.5 Å². The fraction of sp³-hybridized carbons (Fsp3) is 0.556. The van der Waals surface area contributed by atoms with Gasteiger partial charge in [-0.3, -0.25) is 4.79 Å². The van der Waals surface area contributed by atoms with Crippen LogP contribution in [-0.2, 0) is 12.3 Å². The van der Waals surface area contributed by atoms with Crippen molar-refractivity contribution in [3.63, 3.8) is 0 Å². The third kappa shape index (κ3) is 4.41. The number of nitrogens with zero attached hydrogens (tertiary/aromatic N) is 4. The summed E-state index contributed by atoms with van der Waals surface area (Å²) >= 11 is 3.00. The Morgan fingerprint density at radius 3 is 2.85 bits per heavy atom. The third-order valence-electron chi connectivity index (χ3n) is 4.60. The maximum Gasteiger partial charge on any atom is 0.268 e.